The summed E-state index contributed by atoms with van der Waals surface area (Å²) in [5, 5.41) is 3.37. The van der Waals surface area contributed by atoms with Gasteiger partial charge in [0.25, 0.3) is 0 Å². The van der Waals surface area contributed by atoms with E-state index in [9.17, 15) is 4.39 Å². The zero-order valence-corrected chi connectivity index (χ0v) is 14.6. The van der Waals surface area contributed by atoms with Crippen LogP contribution in [-0.4, -0.2) is 12.3 Å². The van der Waals surface area contributed by atoms with Gasteiger partial charge in [-0.1, -0.05) is 38.1 Å². The summed E-state index contributed by atoms with van der Waals surface area (Å²) in [6.07, 6.45) is 0. The molecule has 112 valence electrons. The molecule has 4 heteroatoms. The van der Waals surface area contributed by atoms with Crippen LogP contribution >= 0.6 is 27.7 Å². The van der Waals surface area contributed by atoms with Crippen molar-refractivity contribution < 1.29 is 4.39 Å². The molecule has 21 heavy (non-hydrogen) atoms. The van der Waals surface area contributed by atoms with Gasteiger partial charge in [-0.25, -0.2) is 4.39 Å². The molecule has 2 aromatic carbocycles. The van der Waals surface area contributed by atoms with E-state index in [4.69, 9.17) is 0 Å². The molecule has 2 rings (SSSR count). The summed E-state index contributed by atoms with van der Waals surface area (Å²) in [5.41, 5.74) is 1.75. The van der Waals surface area contributed by atoms with Crippen molar-refractivity contribution >= 4 is 27.7 Å². The van der Waals surface area contributed by atoms with Crippen molar-refractivity contribution in [1.82, 2.24) is 5.32 Å². The molecule has 1 nitrogen and oxygen atoms in total. The molecule has 0 aliphatic rings. The topological polar surface area (TPSA) is 12.0 Å². The van der Waals surface area contributed by atoms with E-state index >= 15 is 0 Å². The van der Waals surface area contributed by atoms with Gasteiger partial charge in [-0.3, -0.25) is 0 Å². The van der Waals surface area contributed by atoms with Crippen LogP contribution in [0.3, 0.4) is 0 Å². The maximum atomic E-state index is 14.4. The fourth-order valence-electron chi connectivity index (χ4n) is 2.28. The molecule has 0 saturated heterocycles. The van der Waals surface area contributed by atoms with Crippen LogP contribution in [0.5, 0.6) is 0 Å². The molecule has 0 aromatic heterocycles. The lowest BCUT2D eigenvalue weighted by atomic mass is 9.98. The number of rotatable bonds is 6. The summed E-state index contributed by atoms with van der Waals surface area (Å²) in [4.78, 5) is 1.24. The molecule has 0 aliphatic heterocycles. The molecule has 1 atom stereocenters. The van der Waals surface area contributed by atoms with Gasteiger partial charge in [-0.15, -0.1) is 11.8 Å². The van der Waals surface area contributed by atoms with Gasteiger partial charge in [0.1, 0.15) is 5.82 Å². The molecule has 0 heterocycles. The van der Waals surface area contributed by atoms with E-state index in [1.165, 1.54) is 4.90 Å². The van der Waals surface area contributed by atoms with Crippen LogP contribution in [0.2, 0.25) is 0 Å². The second kappa shape index (κ2) is 7.97. The van der Waals surface area contributed by atoms with Crippen molar-refractivity contribution in [2.75, 3.05) is 12.3 Å². The van der Waals surface area contributed by atoms with E-state index in [1.807, 2.05) is 30.8 Å². The predicted octanol–water partition coefficient (Wildman–Crippen LogP) is 5.40. The van der Waals surface area contributed by atoms with Crippen LogP contribution in [0.15, 0.2) is 51.8 Å². The van der Waals surface area contributed by atoms with Crippen molar-refractivity contribution in [3.8, 4) is 0 Å². The zero-order chi connectivity index (χ0) is 15.2. The van der Waals surface area contributed by atoms with Crippen LogP contribution in [0.4, 0.5) is 4.39 Å². The van der Waals surface area contributed by atoms with Crippen LogP contribution in [0.1, 0.15) is 31.0 Å². The van der Waals surface area contributed by atoms with Gasteiger partial charge in [0, 0.05) is 10.5 Å². The van der Waals surface area contributed by atoms with Crippen molar-refractivity contribution in [3.05, 3.63) is 63.9 Å². The third-order valence-electron chi connectivity index (χ3n) is 3.23. The number of hydrogen-bond donors (Lipinski definition) is 1. The largest absolute Gasteiger partial charge is 0.306 e. The Kier molecular flexibility index (Phi) is 6.27. The number of halogens is 2. The predicted molar refractivity (Wildman–Crippen MR) is 92.5 cm³/mol. The summed E-state index contributed by atoms with van der Waals surface area (Å²) in [6, 6.07) is 13.7. The highest BCUT2D eigenvalue weighted by Gasteiger charge is 2.18. The van der Waals surface area contributed by atoms with E-state index in [2.05, 4.69) is 52.4 Å². The minimum Gasteiger partial charge on any atom is -0.306 e. The lowest BCUT2D eigenvalue weighted by Gasteiger charge is -2.20. The Bertz CT molecular complexity index is 586. The van der Waals surface area contributed by atoms with Crippen LogP contribution in [0, 0.1) is 5.82 Å². The Hall–Kier alpha value is -0.840. The normalized spacial score (nSPS) is 12.4. The SMILES string of the molecule is CCNC(c1ccc(SCC)cc1)c1cccc(Br)c1F. The fourth-order valence-corrected chi connectivity index (χ4v) is 3.32. The van der Waals surface area contributed by atoms with Crippen molar-refractivity contribution in [2.24, 2.45) is 0 Å². The molecule has 1 N–H and O–H groups in total. The average Bonchev–Trinajstić information content (AvgIpc) is 2.49. The van der Waals surface area contributed by atoms with E-state index in [-0.39, 0.29) is 11.9 Å². The molecule has 0 fully saturated rings. The molecule has 0 radical (unpaired) electrons. The Morgan fingerprint density at radius 2 is 1.86 bits per heavy atom. The van der Waals surface area contributed by atoms with E-state index in [0.717, 1.165) is 17.9 Å². The molecule has 0 bridgehead atoms. The number of nitrogens with one attached hydrogen (secondary N) is 1. The molecule has 0 spiro atoms. The minimum absolute atomic E-state index is 0.131. The van der Waals surface area contributed by atoms with Gasteiger partial charge in [0.05, 0.1) is 10.5 Å². The molecular formula is C17H19BrFNS. The first kappa shape index (κ1) is 16.5. The van der Waals surface area contributed by atoms with Gasteiger partial charge < -0.3 is 5.32 Å². The monoisotopic (exact) mass is 367 g/mol. The molecule has 2 aromatic rings. The highest BCUT2D eigenvalue weighted by Crippen LogP contribution is 2.29. The van der Waals surface area contributed by atoms with E-state index < -0.39 is 0 Å². The first-order valence-electron chi connectivity index (χ1n) is 7.07. The molecule has 0 saturated carbocycles. The number of hydrogen-bond acceptors (Lipinski definition) is 2. The summed E-state index contributed by atoms with van der Waals surface area (Å²) in [5.74, 6) is 0.853. The lowest BCUT2D eigenvalue weighted by Crippen LogP contribution is -2.23. The average molecular weight is 368 g/mol. The highest BCUT2D eigenvalue weighted by atomic mass is 79.9. The fraction of sp³-hybridized carbons (Fsp3) is 0.294. The summed E-state index contributed by atoms with van der Waals surface area (Å²) in [7, 11) is 0. The van der Waals surface area contributed by atoms with E-state index in [1.54, 1.807) is 6.07 Å². The van der Waals surface area contributed by atoms with Crippen LogP contribution in [-0.2, 0) is 0 Å². The number of thioether (sulfide) groups is 1. The van der Waals surface area contributed by atoms with Gasteiger partial charge in [-0.2, -0.15) is 0 Å². The smallest absolute Gasteiger partial charge is 0.142 e. The molecular weight excluding hydrogens is 349 g/mol. The maximum Gasteiger partial charge on any atom is 0.142 e. The first-order valence-corrected chi connectivity index (χ1v) is 8.85. The molecule has 0 aliphatic carbocycles. The van der Waals surface area contributed by atoms with Gasteiger partial charge in [-0.05, 0) is 52.0 Å². The van der Waals surface area contributed by atoms with E-state index in [0.29, 0.717) is 10.0 Å². The Labute approximate surface area is 138 Å². The molecule has 1 unspecified atom stereocenters. The maximum absolute atomic E-state index is 14.4. The zero-order valence-electron chi connectivity index (χ0n) is 12.2. The third kappa shape index (κ3) is 4.09. The second-order valence-corrected chi connectivity index (χ2v) is 6.83. The quantitative estimate of drug-likeness (QED) is 0.686. The van der Waals surface area contributed by atoms with Crippen molar-refractivity contribution in [2.45, 2.75) is 24.8 Å². The van der Waals surface area contributed by atoms with Crippen LogP contribution < -0.4 is 5.32 Å². The second-order valence-electron chi connectivity index (χ2n) is 4.64. The third-order valence-corrected chi connectivity index (χ3v) is 4.73. The standard InChI is InChI=1S/C17H19BrFNS/c1-3-20-17(14-6-5-7-15(18)16(14)19)12-8-10-13(11-9-12)21-4-2/h5-11,17,20H,3-4H2,1-2H3. The minimum atomic E-state index is -0.199. The van der Waals surface area contributed by atoms with Gasteiger partial charge in [0.2, 0.25) is 0 Å². The molecule has 0 amide bonds. The summed E-state index contributed by atoms with van der Waals surface area (Å²) < 4.78 is 14.9. The first-order chi connectivity index (χ1) is 10.2. The number of benzene rings is 2. The lowest BCUT2D eigenvalue weighted by molar-refractivity contribution is 0.555. The Balaban J connectivity index is 2.36. The Morgan fingerprint density at radius 1 is 1.14 bits per heavy atom. The van der Waals surface area contributed by atoms with Gasteiger partial charge >= 0.3 is 0 Å². The van der Waals surface area contributed by atoms with Crippen molar-refractivity contribution in [3.63, 3.8) is 0 Å². The van der Waals surface area contributed by atoms with Crippen molar-refractivity contribution in [1.29, 1.82) is 0 Å². The van der Waals surface area contributed by atoms with Gasteiger partial charge in [0.15, 0.2) is 0 Å². The highest BCUT2D eigenvalue weighted by molar-refractivity contribution is 9.10. The summed E-state index contributed by atoms with van der Waals surface area (Å²) >= 11 is 5.07. The summed E-state index contributed by atoms with van der Waals surface area (Å²) in [6.45, 7) is 4.95. The Morgan fingerprint density at radius 3 is 2.48 bits per heavy atom. The van der Waals surface area contributed by atoms with Crippen LogP contribution in [0.25, 0.3) is 0 Å².